The number of carbonyl (C=O) groups excluding carboxylic acids is 2. The molecule has 2 aliphatic rings. The molecule has 2 aliphatic heterocycles. The molecular weight excluding hydrogens is 360 g/mol. The molecule has 27 heavy (non-hydrogen) atoms. The minimum atomic E-state index is -1.08. The summed E-state index contributed by atoms with van der Waals surface area (Å²) in [5, 5.41) is 14.8. The van der Waals surface area contributed by atoms with Crippen LogP contribution in [0.2, 0.25) is 0 Å². The fourth-order valence-electron chi connectivity index (χ4n) is 3.95. The number of rotatable bonds is 3. The highest BCUT2D eigenvalue weighted by Gasteiger charge is 2.48. The summed E-state index contributed by atoms with van der Waals surface area (Å²) in [6, 6.07) is 16.3. The van der Waals surface area contributed by atoms with Crippen LogP contribution in [0.4, 0.5) is 0 Å². The first kappa shape index (κ1) is 16.2. The Hall–Kier alpha value is -2.96. The van der Waals surface area contributed by atoms with Crippen LogP contribution >= 0.6 is 11.3 Å². The van der Waals surface area contributed by atoms with Gasteiger partial charge in [-0.05, 0) is 34.5 Å². The summed E-state index contributed by atoms with van der Waals surface area (Å²) in [6.07, 6.45) is -1.72. The van der Waals surface area contributed by atoms with E-state index in [4.69, 9.17) is 0 Å². The van der Waals surface area contributed by atoms with Gasteiger partial charge in [-0.15, -0.1) is 0 Å². The zero-order valence-electron chi connectivity index (χ0n) is 14.3. The summed E-state index contributed by atoms with van der Waals surface area (Å²) in [7, 11) is 0. The zero-order valence-corrected chi connectivity index (χ0v) is 15.1. The summed E-state index contributed by atoms with van der Waals surface area (Å²) in [4.78, 5) is 29.3. The molecule has 2 amide bonds. The molecule has 0 saturated heterocycles. The maximum Gasteiger partial charge on any atom is 0.258 e. The highest BCUT2D eigenvalue weighted by Crippen LogP contribution is 2.44. The maximum atomic E-state index is 13.1. The number of hydrogen-bond donors (Lipinski definition) is 1. The van der Waals surface area contributed by atoms with E-state index in [-0.39, 0.29) is 11.8 Å². The molecule has 6 heteroatoms. The van der Waals surface area contributed by atoms with Crippen molar-refractivity contribution in [1.82, 2.24) is 9.80 Å². The van der Waals surface area contributed by atoms with Gasteiger partial charge in [-0.25, -0.2) is 0 Å². The van der Waals surface area contributed by atoms with Gasteiger partial charge in [-0.1, -0.05) is 36.4 Å². The van der Waals surface area contributed by atoms with Gasteiger partial charge in [-0.3, -0.25) is 14.5 Å². The average Bonchev–Trinajstić information content (AvgIpc) is 3.36. The van der Waals surface area contributed by atoms with E-state index in [2.05, 4.69) is 0 Å². The third-order valence-electron chi connectivity index (χ3n) is 5.19. The number of thiophene rings is 1. The van der Waals surface area contributed by atoms with E-state index in [1.54, 1.807) is 46.6 Å². The van der Waals surface area contributed by atoms with Gasteiger partial charge in [0.25, 0.3) is 11.8 Å². The van der Waals surface area contributed by atoms with Gasteiger partial charge in [0.15, 0.2) is 6.23 Å². The Morgan fingerprint density at radius 1 is 0.889 bits per heavy atom. The lowest BCUT2D eigenvalue weighted by Gasteiger charge is -2.35. The number of aliphatic hydroxyl groups is 1. The van der Waals surface area contributed by atoms with Gasteiger partial charge >= 0.3 is 0 Å². The molecule has 1 aromatic heterocycles. The molecule has 2 aromatic carbocycles. The molecule has 2 atom stereocenters. The van der Waals surface area contributed by atoms with Crippen LogP contribution in [0, 0.1) is 0 Å². The predicted octanol–water partition coefficient (Wildman–Crippen LogP) is 3.55. The lowest BCUT2D eigenvalue weighted by atomic mass is 10.1. The molecule has 5 nitrogen and oxygen atoms in total. The molecular formula is C21H16N2O3S. The van der Waals surface area contributed by atoms with Crippen molar-refractivity contribution < 1.29 is 14.7 Å². The molecule has 0 aliphatic carbocycles. The zero-order chi connectivity index (χ0) is 18.5. The van der Waals surface area contributed by atoms with E-state index in [1.165, 1.54) is 4.90 Å². The monoisotopic (exact) mass is 376 g/mol. The number of fused-ring (bicyclic) bond motifs is 2. The van der Waals surface area contributed by atoms with Crippen LogP contribution < -0.4 is 0 Å². The number of amides is 2. The number of nitrogens with zero attached hydrogens (tertiary/aromatic N) is 2. The normalized spacial score (nSPS) is 20.9. The van der Waals surface area contributed by atoms with Crippen LogP contribution in [0.3, 0.4) is 0 Å². The predicted molar refractivity (Wildman–Crippen MR) is 101 cm³/mol. The fraction of sp³-hybridized carbons (Fsp3) is 0.143. The molecule has 3 heterocycles. The SMILES string of the molecule is O=C1c2ccccc2C(N2C(=O)c3ccccc3C2O)N1Cc1ccsc1. The third-order valence-corrected chi connectivity index (χ3v) is 5.92. The van der Waals surface area contributed by atoms with Gasteiger partial charge in [0, 0.05) is 28.8 Å². The molecule has 0 saturated carbocycles. The van der Waals surface area contributed by atoms with E-state index in [1.807, 2.05) is 35.0 Å². The minimum absolute atomic E-state index is 0.127. The summed E-state index contributed by atoms with van der Waals surface area (Å²) in [5.74, 6) is -0.388. The molecule has 3 aromatic rings. The first-order valence-electron chi connectivity index (χ1n) is 8.67. The number of aliphatic hydroxyl groups excluding tert-OH is 1. The Kier molecular flexibility index (Phi) is 3.63. The Labute approximate surface area is 160 Å². The van der Waals surface area contributed by atoms with Gasteiger partial charge in [0.05, 0.1) is 0 Å². The van der Waals surface area contributed by atoms with Crippen molar-refractivity contribution in [2.45, 2.75) is 18.9 Å². The second kappa shape index (κ2) is 6.04. The van der Waals surface area contributed by atoms with E-state index in [9.17, 15) is 14.7 Å². The molecule has 0 fully saturated rings. The van der Waals surface area contributed by atoms with Crippen molar-refractivity contribution in [2.24, 2.45) is 0 Å². The summed E-state index contributed by atoms with van der Waals surface area (Å²) >= 11 is 1.56. The average molecular weight is 376 g/mol. The molecule has 5 rings (SSSR count). The van der Waals surface area contributed by atoms with Gasteiger partial charge in [0.2, 0.25) is 0 Å². The van der Waals surface area contributed by atoms with Gasteiger partial charge < -0.3 is 10.0 Å². The number of benzene rings is 2. The second-order valence-corrected chi connectivity index (χ2v) is 7.48. The van der Waals surface area contributed by atoms with Crippen LogP contribution in [0.1, 0.15) is 49.8 Å². The number of hydrogen-bond acceptors (Lipinski definition) is 4. The lowest BCUT2D eigenvalue weighted by Crippen LogP contribution is -2.41. The third kappa shape index (κ3) is 2.34. The second-order valence-electron chi connectivity index (χ2n) is 6.70. The van der Waals surface area contributed by atoms with E-state index in [0.29, 0.717) is 23.2 Å². The van der Waals surface area contributed by atoms with Crippen molar-refractivity contribution in [3.8, 4) is 0 Å². The van der Waals surface area contributed by atoms with Crippen molar-refractivity contribution in [1.29, 1.82) is 0 Å². The van der Waals surface area contributed by atoms with Gasteiger partial charge in [0.1, 0.15) is 6.17 Å². The summed E-state index contributed by atoms with van der Waals surface area (Å²) in [5.41, 5.74) is 3.39. The first-order valence-corrected chi connectivity index (χ1v) is 9.61. The topological polar surface area (TPSA) is 60.9 Å². The lowest BCUT2D eigenvalue weighted by molar-refractivity contribution is -0.0399. The van der Waals surface area contributed by atoms with Crippen molar-refractivity contribution >= 4 is 23.2 Å². The quantitative estimate of drug-likeness (QED) is 0.760. The van der Waals surface area contributed by atoms with Crippen molar-refractivity contribution in [3.63, 3.8) is 0 Å². The van der Waals surface area contributed by atoms with E-state index >= 15 is 0 Å². The van der Waals surface area contributed by atoms with Crippen molar-refractivity contribution in [3.05, 3.63) is 93.2 Å². The molecule has 0 radical (unpaired) electrons. The van der Waals surface area contributed by atoms with Crippen LogP contribution in [-0.2, 0) is 6.54 Å². The highest BCUT2D eigenvalue weighted by atomic mass is 32.1. The molecule has 1 N–H and O–H groups in total. The Morgan fingerprint density at radius 3 is 2.22 bits per heavy atom. The molecule has 0 bridgehead atoms. The van der Waals surface area contributed by atoms with Crippen LogP contribution in [0.5, 0.6) is 0 Å². The Bertz CT molecular complexity index is 1050. The largest absolute Gasteiger partial charge is 0.369 e. The first-order chi connectivity index (χ1) is 13.2. The molecule has 2 unspecified atom stereocenters. The molecule has 134 valence electrons. The maximum absolute atomic E-state index is 13.1. The fourth-order valence-corrected chi connectivity index (χ4v) is 4.61. The summed E-state index contributed by atoms with van der Waals surface area (Å²) in [6.45, 7) is 0.383. The molecule has 0 spiro atoms. The van der Waals surface area contributed by atoms with Gasteiger partial charge in [-0.2, -0.15) is 11.3 Å². The highest BCUT2D eigenvalue weighted by molar-refractivity contribution is 7.07. The minimum Gasteiger partial charge on any atom is -0.369 e. The van der Waals surface area contributed by atoms with Crippen molar-refractivity contribution in [2.75, 3.05) is 0 Å². The smallest absolute Gasteiger partial charge is 0.258 e. The van der Waals surface area contributed by atoms with Crippen LogP contribution in [0.15, 0.2) is 65.4 Å². The Balaban J connectivity index is 1.62. The number of carbonyl (C=O) groups is 2. The Morgan fingerprint density at radius 2 is 1.56 bits per heavy atom. The standard InChI is InChI=1S/C21H16N2O3S/c24-19-15-6-2-1-5-14(15)18(22(19)11-13-9-10-27-12-13)23-20(25)16-7-3-4-8-17(16)21(23)26/h1-10,12,18,20,25H,11H2. The van der Waals surface area contributed by atoms with E-state index in [0.717, 1.165) is 11.1 Å². The van der Waals surface area contributed by atoms with Crippen LogP contribution in [-0.4, -0.2) is 26.7 Å². The van der Waals surface area contributed by atoms with Crippen LogP contribution in [0.25, 0.3) is 0 Å². The van der Waals surface area contributed by atoms with E-state index < -0.39 is 12.4 Å². The summed E-state index contributed by atoms with van der Waals surface area (Å²) < 4.78 is 0.